The molecule has 2 aromatic rings. The van der Waals surface area contributed by atoms with Crippen LogP contribution in [-0.4, -0.2) is 16.1 Å². The van der Waals surface area contributed by atoms with Gasteiger partial charge in [-0.05, 0) is 24.1 Å². The molecule has 0 amide bonds. The Balaban J connectivity index is 2.05. The third kappa shape index (κ3) is 3.94. The van der Waals surface area contributed by atoms with Crippen molar-refractivity contribution in [2.45, 2.75) is 26.0 Å². The Hall–Kier alpha value is -3.12. The normalized spacial score (nSPS) is 11.0. The van der Waals surface area contributed by atoms with Crippen LogP contribution in [-0.2, 0) is 6.54 Å². The molecule has 6 heteroatoms. The van der Waals surface area contributed by atoms with E-state index in [0.717, 1.165) is 5.56 Å². The van der Waals surface area contributed by atoms with Crippen molar-refractivity contribution in [3.8, 4) is 17.9 Å². The molecule has 1 aromatic heterocycles. The number of nitrogens with one attached hydrogen (secondary N) is 1. The highest BCUT2D eigenvalue weighted by Crippen LogP contribution is 2.17. The van der Waals surface area contributed by atoms with E-state index >= 15 is 0 Å². The molecule has 110 valence electrons. The van der Waals surface area contributed by atoms with E-state index in [4.69, 9.17) is 15.3 Å². The molecule has 2 rings (SSSR count). The third-order valence-electron chi connectivity index (χ3n) is 2.96. The van der Waals surface area contributed by atoms with Gasteiger partial charge in [-0.25, -0.2) is 9.97 Å². The molecule has 22 heavy (non-hydrogen) atoms. The zero-order valence-corrected chi connectivity index (χ0v) is 12.2. The van der Waals surface area contributed by atoms with Gasteiger partial charge in [-0.15, -0.1) is 0 Å². The van der Waals surface area contributed by atoms with Gasteiger partial charge >= 0.3 is 0 Å². The van der Waals surface area contributed by atoms with Crippen LogP contribution >= 0.6 is 0 Å². The van der Waals surface area contributed by atoms with Crippen LogP contribution in [0.2, 0.25) is 0 Å². The van der Waals surface area contributed by atoms with Gasteiger partial charge in [0.05, 0.1) is 0 Å². The number of benzene rings is 1. The van der Waals surface area contributed by atoms with Crippen molar-refractivity contribution >= 4 is 5.82 Å². The molecule has 6 nitrogen and oxygen atoms in total. The van der Waals surface area contributed by atoms with Gasteiger partial charge in [0.2, 0.25) is 0 Å². The van der Waals surface area contributed by atoms with E-state index < -0.39 is 6.10 Å². The summed E-state index contributed by atoms with van der Waals surface area (Å²) in [4.78, 5) is 8.03. The molecule has 0 radical (unpaired) electrons. The lowest BCUT2D eigenvalue weighted by atomic mass is 10.2. The Kier molecular flexibility index (Phi) is 5.28. The molecule has 0 bridgehead atoms. The van der Waals surface area contributed by atoms with E-state index in [1.165, 1.54) is 12.4 Å². The first-order valence-electron chi connectivity index (χ1n) is 6.87. The van der Waals surface area contributed by atoms with Gasteiger partial charge in [0, 0.05) is 18.9 Å². The Bertz CT molecular complexity index is 717. The summed E-state index contributed by atoms with van der Waals surface area (Å²) < 4.78 is 5.58. The zero-order valence-electron chi connectivity index (χ0n) is 12.2. The average Bonchev–Trinajstić information content (AvgIpc) is 2.58. The van der Waals surface area contributed by atoms with Crippen LogP contribution in [0.5, 0.6) is 5.75 Å². The quantitative estimate of drug-likeness (QED) is 0.879. The fourth-order valence-corrected chi connectivity index (χ4v) is 1.83. The number of ether oxygens (including phenoxy) is 1. The molecule has 1 aromatic carbocycles. The first-order valence-corrected chi connectivity index (χ1v) is 6.87. The fraction of sp³-hybridized carbons (Fsp3) is 0.250. The van der Waals surface area contributed by atoms with E-state index in [1.54, 1.807) is 0 Å². The molecule has 0 aliphatic heterocycles. The number of hydrogen-bond donors (Lipinski definition) is 1. The van der Waals surface area contributed by atoms with Crippen molar-refractivity contribution in [1.82, 2.24) is 9.97 Å². The van der Waals surface area contributed by atoms with Crippen LogP contribution in [0, 0.1) is 22.7 Å². The molecule has 0 aliphatic rings. The second-order valence-electron chi connectivity index (χ2n) is 4.51. The predicted molar refractivity (Wildman–Crippen MR) is 80.8 cm³/mol. The molecular formula is C16H15N5O. The van der Waals surface area contributed by atoms with Crippen molar-refractivity contribution in [2.75, 3.05) is 5.32 Å². The van der Waals surface area contributed by atoms with E-state index in [2.05, 4.69) is 21.4 Å². The minimum atomic E-state index is -0.451. The van der Waals surface area contributed by atoms with Crippen LogP contribution in [0.25, 0.3) is 0 Å². The second kappa shape index (κ2) is 7.61. The summed E-state index contributed by atoms with van der Waals surface area (Å²) in [6.07, 6.45) is 3.18. The summed E-state index contributed by atoms with van der Waals surface area (Å²) in [5.41, 5.74) is 1.21. The lowest BCUT2D eigenvalue weighted by Crippen LogP contribution is -2.12. The van der Waals surface area contributed by atoms with E-state index in [0.29, 0.717) is 24.5 Å². The molecular weight excluding hydrogens is 278 g/mol. The zero-order chi connectivity index (χ0) is 15.8. The van der Waals surface area contributed by atoms with Gasteiger partial charge in [0.15, 0.2) is 17.6 Å². The SMILES string of the molecule is CCC(C#N)Oc1cccc(CNc2nccnc2C#N)c1. The first kappa shape index (κ1) is 15.3. The summed E-state index contributed by atoms with van der Waals surface area (Å²) in [6, 6.07) is 11.5. The first-order chi connectivity index (χ1) is 10.8. The smallest absolute Gasteiger partial charge is 0.184 e. The third-order valence-corrected chi connectivity index (χ3v) is 2.96. The van der Waals surface area contributed by atoms with Crippen molar-refractivity contribution in [1.29, 1.82) is 10.5 Å². The van der Waals surface area contributed by atoms with Crippen LogP contribution in [0.4, 0.5) is 5.82 Å². The maximum absolute atomic E-state index is 8.97. The minimum absolute atomic E-state index is 0.255. The minimum Gasteiger partial charge on any atom is -0.476 e. The molecule has 0 spiro atoms. The lowest BCUT2D eigenvalue weighted by Gasteiger charge is -2.12. The fourth-order valence-electron chi connectivity index (χ4n) is 1.83. The summed E-state index contributed by atoms with van der Waals surface area (Å²) in [5.74, 6) is 1.09. The highest BCUT2D eigenvalue weighted by Gasteiger charge is 2.07. The van der Waals surface area contributed by atoms with E-state index in [9.17, 15) is 0 Å². The van der Waals surface area contributed by atoms with Gasteiger partial charge in [0.25, 0.3) is 0 Å². The van der Waals surface area contributed by atoms with Crippen molar-refractivity contribution < 1.29 is 4.74 Å². The Morgan fingerprint density at radius 2 is 2.09 bits per heavy atom. The summed E-state index contributed by atoms with van der Waals surface area (Å²) in [5, 5.41) is 21.0. The number of nitrogens with zero attached hydrogens (tertiary/aromatic N) is 4. The van der Waals surface area contributed by atoms with Crippen LogP contribution in [0.3, 0.4) is 0 Å². The molecule has 0 fully saturated rings. The van der Waals surface area contributed by atoms with E-state index in [-0.39, 0.29) is 5.69 Å². The molecule has 1 unspecified atom stereocenters. The number of aromatic nitrogens is 2. The monoisotopic (exact) mass is 293 g/mol. The summed E-state index contributed by atoms with van der Waals surface area (Å²) in [7, 11) is 0. The van der Waals surface area contributed by atoms with E-state index in [1.807, 2.05) is 37.3 Å². The Labute approximate surface area is 129 Å². The highest BCUT2D eigenvalue weighted by molar-refractivity contribution is 5.47. The summed E-state index contributed by atoms with van der Waals surface area (Å²) >= 11 is 0. The van der Waals surface area contributed by atoms with Crippen molar-refractivity contribution in [3.05, 3.63) is 47.9 Å². The predicted octanol–water partition coefficient (Wildman–Crippen LogP) is 2.64. The Morgan fingerprint density at radius 3 is 2.82 bits per heavy atom. The molecule has 0 aliphatic carbocycles. The standard InChI is InChI=1S/C16H15N5O/c1-2-13(9-17)22-14-5-3-4-12(8-14)11-21-16-15(10-18)19-6-7-20-16/h3-8,13H,2,11H2,1H3,(H,20,21). The van der Waals surface area contributed by atoms with Gasteiger partial charge in [-0.3, -0.25) is 0 Å². The average molecular weight is 293 g/mol. The topological polar surface area (TPSA) is 94.6 Å². The molecule has 1 N–H and O–H groups in total. The largest absolute Gasteiger partial charge is 0.476 e. The van der Waals surface area contributed by atoms with Crippen LogP contribution < -0.4 is 10.1 Å². The van der Waals surface area contributed by atoms with Crippen molar-refractivity contribution in [2.24, 2.45) is 0 Å². The maximum Gasteiger partial charge on any atom is 0.184 e. The molecule has 1 atom stereocenters. The van der Waals surface area contributed by atoms with Gasteiger partial charge in [0.1, 0.15) is 17.9 Å². The van der Waals surface area contributed by atoms with Gasteiger partial charge < -0.3 is 10.1 Å². The van der Waals surface area contributed by atoms with Crippen molar-refractivity contribution in [3.63, 3.8) is 0 Å². The van der Waals surface area contributed by atoms with Crippen LogP contribution in [0.15, 0.2) is 36.7 Å². The van der Waals surface area contributed by atoms with Gasteiger partial charge in [-0.1, -0.05) is 19.1 Å². The Morgan fingerprint density at radius 1 is 1.27 bits per heavy atom. The second-order valence-corrected chi connectivity index (χ2v) is 4.51. The number of hydrogen-bond acceptors (Lipinski definition) is 6. The molecule has 1 heterocycles. The number of rotatable bonds is 6. The molecule has 0 saturated heterocycles. The number of anilines is 1. The lowest BCUT2D eigenvalue weighted by molar-refractivity contribution is 0.251. The number of nitriles is 2. The maximum atomic E-state index is 8.97. The molecule has 0 saturated carbocycles. The van der Waals surface area contributed by atoms with Gasteiger partial charge in [-0.2, -0.15) is 10.5 Å². The highest BCUT2D eigenvalue weighted by atomic mass is 16.5. The van der Waals surface area contributed by atoms with Crippen LogP contribution in [0.1, 0.15) is 24.6 Å². The summed E-state index contributed by atoms with van der Waals surface area (Å²) in [6.45, 7) is 2.38.